The summed E-state index contributed by atoms with van der Waals surface area (Å²) in [5, 5.41) is 4.56. The van der Waals surface area contributed by atoms with E-state index in [9.17, 15) is 4.79 Å². The summed E-state index contributed by atoms with van der Waals surface area (Å²) in [5.41, 5.74) is 5.68. The summed E-state index contributed by atoms with van der Waals surface area (Å²) in [6.45, 7) is 2.33. The van der Waals surface area contributed by atoms with E-state index in [4.69, 9.17) is 16.3 Å². The fourth-order valence-electron chi connectivity index (χ4n) is 2.58. The Labute approximate surface area is 186 Å². The third-order valence-corrected chi connectivity index (χ3v) is 5.72. The minimum atomic E-state index is -0.190. The Balaban J connectivity index is 1.42. The number of benzene rings is 3. The number of carbonyl (C=O) groups is 1. The van der Waals surface area contributed by atoms with E-state index >= 15 is 0 Å². The van der Waals surface area contributed by atoms with Gasteiger partial charge in [0.1, 0.15) is 12.4 Å². The molecule has 0 aromatic heterocycles. The van der Waals surface area contributed by atoms with Gasteiger partial charge in [-0.3, -0.25) is 4.79 Å². The number of hydrogen-bond donors (Lipinski definition) is 1. The van der Waals surface area contributed by atoms with Gasteiger partial charge >= 0.3 is 0 Å². The molecule has 0 heterocycles. The van der Waals surface area contributed by atoms with Crippen molar-refractivity contribution in [3.8, 4) is 5.75 Å². The fraction of sp³-hybridized carbons (Fsp3) is 0.167. The molecule has 0 radical (unpaired) electrons. The van der Waals surface area contributed by atoms with Crippen molar-refractivity contribution in [1.82, 2.24) is 5.43 Å². The van der Waals surface area contributed by atoms with Crippen LogP contribution in [-0.2, 0) is 17.2 Å². The maximum atomic E-state index is 12.2. The summed E-state index contributed by atoms with van der Waals surface area (Å²) in [4.78, 5) is 12.2. The standard InChI is InChI=1S/C24H23ClN2O2S/c1-18(30-17-20-6-3-2-4-7-20)24(28)27-26-15-19-10-12-23(13-11-19)29-16-21-8-5-9-22(25)14-21/h2-15,18H,16-17H2,1H3,(H,27,28)/b26-15-/t18-/m0/s1. The number of rotatable bonds is 9. The number of nitrogens with zero attached hydrogens (tertiary/aromatic N) is 1. The average molecular weight is 439 g/mol. The highest BCUT2D eigenvalue weighted by atomic mass is 35.5. The molecule has 0 saturated heterocycles. The Morgan fingerprint density at radius 1 is 1.07 bits per heavy atom. The Morgan fingerprint density at radius 3 is 2.53 bits per heavy atom. The number of ether oxygens (including phenoxy) is 1. The lowest BCUT2D eigenvalue weighted by Gasteiger charge is -2.09. The lowest BCUT2D eigenvalue weighted by Crippen LogP contribution is -2.26. The topological polar surface area (TPSA) is 50.7 Å². The molecule has 4 nitrogen and oxygen atoms in total. The molecule has 154 valence electrons. The van der Waals surface area contributed by atoms with Crippen molar-refractivity contribution in [2.75, 3.05) is 0 Å². The van der Waals surface area contributed by atoms with Gasteiger partial charge in [0.25, 0.3) is 5.91 Å². The molecular formula is C24H23ClN2O2S. The lowest BCUT2D eigenvalue weighted by atomic mass is 10.2. The number of halogens is 1. The highest BCUT2D eigenvalue weighted by Gasteiger charge is 2.12. The largest absolute Gasteiger partial charge is 0.489 e. The van der Waals surface area contributed by atoms with E-state index in [0.717, 1.165) is 22.6 Å². The molecule has 3 aromatic carbocycles. The first-order valence-corrected chi connectivity index (χ1v) is 11.0. The number of thioether (sulfide) groups is 1. The van der Waals surface area contributed by atoms with Gasteiger partial charge in [0.05, 0.1) is 11.5 Å². The van der Waals surface area contributed by atoms with Crippen LogP contribution in [0.5, 0.6) is 5.75 Å². The second kappa shape index (κ2) is 11.4. The van der Waals surface area contributed by atoms with Crippen LogP contribution in [-0.4, -0.2) is 17.4 Å². The predicted molar refractivity (Wildman–Crippen MR) is 125 cm³/mol. The van der Waals surface area contributed by atoms with Crippen LogP contribution in [0.4, 0.5) is 0 Å². The zero-order valence-corrected chi connectivity index (χ0v) is 18.2. The van der Waals surface area contributed by atoms with Gasteiger partial charge in [0.2, 0.25) is 0 Å². The SMILES string of the molecule is C[C@H](SCc1ccccc1)C(=O)N/N=C\c1ccc(OCc2cccc(Cl)c2)cc1. The molecule has 1 amide bonds. The van der Waals surface area contributed by atoms with Crippen molar-refractivity contribution in [2.24, 2.45) is 5.10 Å². The third kappa shape index (κ3) is 7.25. The summed E-state index contributed by atoms with van der Waals surface area (Å²) in [5.74, 6) is 1.42. The van der Waals surface area contributed by atoms with E-state index in [1.54, 1.807) is 18.0 Å². The smallest absolute Gasteiger partial charge is 0.252 e. The molecule has 0 saturated carbocycles. The van der Waals surface area contributed by atoms with Crippen LogP contribution in [0.1, 0.15) is 23.6 Å². The van der Waals surface area contributed by atoms with E-state index < -0.39 is 0 Å². The van der Waals surface area contributed by atoms with Gasteiger partial charge in [0, 0.05) is 10.8 Å². The predicted octanol–water partition coefficient (Wildman–Crippen LogP) is 5.69. The van der Waals surface area contributed by atoms with E-state index in [1.165, 1.54) is 5.56 Å². The normalized spacial score (nSPS) is 11.9. The molecule has 0 spiro atoms. The van der Waals surface area contributed by atoms with Crippen LogP contribution in [0.3, 0.4) is 0 Å². The summed E-state index contributed by atoms with van der Waals surface area (Å²) in [6, 6.07) is 25.2. The van der Waals surface area contributed by atoms with E-state index in [0.29, 0.717) is 11.6 Å². The Kier molecular flexibility index (Phi) is 8.36. The van der Waals surface area contributed by atoms with E-state index in [1.807, 2.05) is 73.7 Å². The molecular weight excluding hydrogens is 416 g/mol. The lowest BCUT2D eigenvalue weighted by molar-refractivity contribution is -0.120. The first-order chi connectivity index (χ1) is 14.6. The average Bonchev–Trinajstić information content (AvgIpc) is 2.77. The zero-order chi connectivity index (χ0) is 21.2. The van der Waals surface area contributed by atoms with Crippen molar-refractivity contribution < 1.29 is 9.53 Å². The fourth-order valence-corrected chi connectivity index (χ4v) is 3.63. The summed E-state index contributed by atoms with van der Waals surface area (Å²) in [6.07, 6.45) is 1.62. The molecule has 3 rings (SSSR count). The van der Waals surface area contributed by atoms with Crippen LogP contribution in [0, 0.1) is 0 Å². The number of carbonyl (C=O) groups excluding carboxylic acids is 1. The highest BCUT2D eigenvalue weighted by molar-refractivity contribution is 7.99. The number of hydrogen-bond acceptors (Lipinski definition) is 4. The Hall–Kier alpha value is -2.76. The molecule has 0 aliphatic heterocycles. The third-order valence-electron chi connectivity index (χ3n) is 4.28. The molecule has 3 aromatic rings. The molecule has 0 unspecified atom stereocenters. The van der Waals surface area contributed by atoms with Gasteiger partial charge in [0.15, 0.2) is 0 Å². The first kappa shape index (κ1) is 21.9. The van der Waals surface area contributed by atoms with E-state index in [2.05, 4.69) is 22.7 Å². The highest BCUT2D eigenvalue weighted by Crippen LogP contribution is 2.18. The quantitative estimate of drug-likeness (QED) is 0.345. The van der Waals surface area contributed by atoms with E-state index in [-0.39, 0.29) is 11.2 Å². The molecule has 0 aliphatic carbocycles. The number of nitrogens with one attached hydrogen (secondary N) is 1. The number of amides is 1. The molecule has 1 N–H and O–H groups in total. The van der Waals surface area contributed by atoms with Crippen LogP contribution in [0.2, 0.25) is 5.02 Å². The van der Waals surface area contributed by atoms with Crippen LogP contribution in [0.15, 0.2) is 84.0 Å². The second-order valence-corrected chi connectivity index (χ2v) is 8.43. The van der Waals surface area contributed by atoms with Gasteiger partial charge in [-0.25, -0.2) is 5.43 Å². The molecule has 30 heavy (non-hydrogen) atoms. The minimum Gasteiger partial charge on any atom is -0.489 e. The summed E-state index contributed by atoms with van der Waals surface area (Å²) < 4.78 is 5.76. The summed E-state index contributed by atoms with van der Waals surface area (Å²) >= 11 is 7.56. The second-order valence-electron chi connectivity index (χ2n) is 6.66. The summed E-state index contributed by atoms with van der Waals surface area (Å²) in [7, 11) is 0. The molecule has 0 aliphatic rings. The van der Waals surface area contributed by atoms with Crippen LogP contribution in [0.25, 0.3) is 0 Å². The molecule has 0 bridgehead atoms. The van der Waals surface area contributed by atoms with Crippen LogP contribution < -0.4 is 10.2 Å². The van der Waals surface area contributed by atoms with Crippen molar-refractivity contribution in [1.29, 1.82) is 0 Å². The number of hydrazone groups is 1. The minimum absolute atomic E-state index is 0.117. The van der Waals surface area contributed by atoms with Crippen molar-refractivity contribution in [2.45, 2.75) is 24.5 Å². The zero-order valence-electron chi connectivity index (χ0n) is 16.6. The van der Waals surface area contributed by atoms with Gasteiger partial charge in [-0.2, -0.15) is 5.10 Å². The Bertz CT molecular complexity index is 978. The van der Waals surface area contributed by atoms with Crippen molar-refractivity contribution >= 4 is 35.5 Å². The van der Waals surface area contributed by atoms with Crippen molar-refractivity contribution in [3.63, 3.8) is 0 Å². The van der Waals surface area contributed by atoms with Crippen LogP contribution >= 0.6 is 23.4 Å². The first-order valence-electron chi connectivity index (χ1n) is 9.56. The maximum Gasteiger partial charge on any atom is 0.252 e. The van der Waals surface area contributed by atoms with Gasteiger partial charge < -0.3 is 4.74 Å². The van der Waals surface area contributed by atoms with Gasteiger partial charge in [-0.15, -0.1) is 11.8 Å². The molecule has 6 heteroatoms. The molecule has 0 fully saturated rings. The maximum absolute atomic E-state index is 12.2. The monoisotopic (exact) mass is 438 g/mol. The van der Waals surface area contributed by atoms with Crippen molar-refractivity contribution in [3.05, 3.63) is 101 Å². The van der Waals surface area contributed by atoms with Gasteiger partial charge in [-0.05, 0) is 60.0 Å². The van der Waals surface area contributed by atoms with Gasteiger partial charge in [-0.1, -0.05) is 54.1 Å². The molecule has 1 atom stereocenters. The Morgan fingerprint density at radius 2 is 1.80 bits per heavy atom.